The molecular formula is C25H30F6N4O4. The Morgan fingerprint density at radius 3 is 2.26 bits per heavy atom. The summed E-state index contributed by atoms with van der Waals surface area (Å²) in [6, 6.07) is 5.42. The highest BCUT2D eigenvalue weighted by molar-refractivity contribution is 5.38. The monoisotopic (exact) mass is 564 g/mol. The maximum Gasteiger partial charge on any atom is 0.433 e. The topological polar surface area (TPSA) is 80.2 Å². The van der Waals surface area contributed by atoms with Gasteiger partial charge in [0.15, 0.2) is 5.69 Å². The fourth-order valence-electron chi connectivity index (χ4n) is 4.72. The number of ether oxygens (including phenoxy) is 3. The van der Waals surface area contributed by atoms with Gasteiger partial charge in [-0.15, -0.1) is 0 Å². The SMILES string of the molecule is CC(C)(C)OC(C)(O)N1CC(F)(F)OC2(CCN(c3nc(Oc4cccc(F)c4)cc(C(F)(F)F)n3)CC2)C1. The summed E-state index contributed by atoms with van der Waals surface area (Å²) in [6.45, 7) is 5.26. The van der Waals surface area contributed by atoms with Gasteiger partial charge >= 0.3 is 12.3 Å². The molecule has 4 rings (SSSR count). The number of hydrogen-bond donors (Lipinski definition) is 1. The number of piperidine rings is 1. The molecule has 2 aromatic rings. The molecule has 0 bridgehead atoms. The Morgan fingerprint density at radius 1 is 1.00 bits per heavy atom. The van der Waals surface area contributed by atoms with Gasteiger partial charge in [0.2, 0.25) is 17.7 Å². The average molecular weight is 565 g/mol. The quantitative estimate of drug-likeness (QED) is 0.394. The highest BCUT2D eigenvalue weighted by Gasteiger charge is 2.55. The highest BCUT2D eigenvalue weighted by atomic mass is 19.4. The summed E-state index contributed by atoms with van der Waals surface area (Å²) < 4.78 is 99.9. The number of anilines is 1. The van der Waals surface area contributed by atoms with Crippen LogP contribution < -0.4 is 9.64 Å². The molecular weight excluding hydrogens is 534 g/mol. The predicted molar refractivity (Wildman–Crippen MR) is 127 cm³/mol. The minimum absolute atomic E-state index is 0.0209. The van der Waals surface area contributed by atoms with Crippen molar-refractivity contribution in [2.75, 3.05) is 31.1 Å². The largest absolute Gasteiger partial charge is 0.439 e. The minimum Gasteiger partial charge on any atom is -0.439 e. The van der Waals surface area contributed by atoms with E-state index < -0.39 is 53.3 Å². The average Bonchev–Trinajstić information content (AvgIpc) is 2.76. The van der Waals surface area contributed by atoms with Crippen LogP contribution in [0.4, 0.5) is 32.3 Å². The molecule has 0 amide bonds. The molecule has 1 unspecified atom stereocenters. The summed E-state index contributed by atoms with van der Waals surface area (Å²) in [5.41, 5.74) is -3.52. The van der Waals surface area contributed by atoms with E-state index in [1.807, 2.05) is 0 Å². The third kappa shape index (κ3) is 7.29. The van der Waals surface area contributed by atoms with Crippen molar-refractivity contribution in [2.45, 2.75) is 69.9 Å². The second kappa shape index (κ2) is 10.1. The van der Waals surface area contributed by atoms with Crippen molar-refractivity contribution in [3.63, 3.8) is 0 Å². The lowest BCUT2D eigenvalue weighted by Gasteiger charge is -2.53. The first-order chi connectivity index (χ1) is 17.8. The lowest BCUT2D eigenvalue weighted by Crippen LogP contribution is -2.67. The number of aromatic nitrogens is 2. The first kappa shape index (κ1) is 29.3. The number of halogens is 6. The Bertz CT molecular complexity index is 1180. The summed E-state index contributed by atoms with van der Waals surface area (Å²) in [5.74, 6) is -3.52. The normalized spacial score (nSPS) is 21.6. The Kier molecular flexibility index (Phi) is 7.56. The summed E-state index contributed by atoms with van der Waals surface area (Å²) in [5, 5.41) is 10.9. The molecule has 8 nitrogen and oxygen atoms in total. The van der Waals surface area contributed by atoms with Gasteiger partial charge in [-0.05, 0) is 45.7 Å². The number of hydrogen-bond acceptors (Lipinski definition) is 8. The summed E-state index contributed by atoms with van der Waals surface area (Å²) in [6.07, 6.45) is -8.48. The molecule has 39 heavy (non-hydrogen) atoms. The lowest BCUT2D eigenvalue weighted by atomic mass is 9.89. The van der Waals surface area contributed by atoms with E-state index in [4.69, 9.17) is 14.2 Å². The van der Waals surface area contributed by atoms with E-state index in [2.05, 4.69) is 9.97 Å². The Labute approximate surface area is 221 Å². The van der Waals surface area contributed by atoms with Crippen LogP contribution in [0.1, 0.15) is 46.2 Å². The van der Waals surface area contributed by atoms with E-state index in [1.54, 1.807) is 20.8 Å². The summed E-state index contributed by atoms with van der Waals surface area (Å²) in [7, 11) is 0. The van der Waals surface area contributed by atoms with Crippen molar-refractivity contribution in [2.24, 2.45) is 0 Å². The fourth-order valence-corrected chi connectivity index (χ4v) is 4.72. The third-order valence-corrected chi connectivity index (χ3v) is 6.26. The van der Waals surface area contributed by atoms with Crippen LogP contribution >= 0.6 is 0 Å². The molecule has 1 aromatic carbocycles. The zero-order chi connectivity index (χ0) is 28.9. The van der Waals surface area contributed by atoms with Gasteiger partial charge in [0.1, 0.15) is 11.6 Å². The number of nitrogens with zero attached hydrogens (tertiary/aromatic N) is 4. The number of alkyl halides is 5. The summed E-state index contributed by atoms with van der Waals surface area (Å²) >= 11 is 0. The van der Waals surface area contributed by atoms with E-state index in [0.29, 0.717) is 6.07 Å². The molecule has 3 heterocycles. The molecule has 14 heteroatoms. The Balaban J connectivity index is 1.55. The van der Waals surface area contributed by atoms with Crippen LogP contribution in [0.2, 0.25) is 0 Å². The van der Waals surface area contributed by atoms with Crippen LogP contribution in [-0.4, -0.2) is 69.4 Å². The second-order valence-corrected chi connectivity index (χ2v) is 10.9. The van der Waals surface area contributed by atoms with Crippen molar-refractivity contribution in [3.8, 4) is 11.6 Å². The Morgan fingerprint density at radius 2 is 1.67 bits per heavy atom. The molecule has 0 aliphatic carbocycles. The summed E-state index contributed by atoms with van der Waals surface area (Å²) in [4.78, 5) is 10.2. The van der Waals surface area contributed by atoms with Crippen molar-refractivity contribution in [3.05, 3.63) is 41.8 Å². The van der Waals surface area contributed by atoms with Gasteiger partial charge in [-0.25, -0.2) is 14.3 Å². The van der Waals surface area contributed by atoms with E-state index >= 15 is 0 Å². The number of morpholine rings is 1. The molecule has 0 saturated carbocycles. The van der Waals surface area contributed by atoms with Crippen molar-refractivity contribution in [1.29, 1.82) is 0 Å². The van der Waals surface area contributed by atoms with Crippen molar-refractivity contribution >= 4 is 5.95 Å². The predicted octanol–water partition coefficient (Wildman–Crippen LogP) is 5.17. The van der Waals surface area contributed by atoms with Gasteiger partial charge in [-0.3, -0.25) is 0 Å². The molecule has 2 aliphatic heterocycles. The van der Waals surface area contributed by atoms with E-state index in [0.717, 1.165) is 17.0 Å². The molecule has 1 spiro atoms. The molecule has 2 aliphatic rings. The molecule has 2 saturated heterocycles. The lowest BCUT2D eigenvalue weighted by molar-refractivity contribution is -0.395. The van der Waals surface area contributed by atoms with E-state index in [1.165, 1.54) is 24.0 Å². The molecule has 2 fully saturated rings. The van der Waals surface area contributed by atoms with Crippen LogP contribution in [0.3, 0.4) is 0 Å². The molecule has 216 valence electrons. The number of rotatable bonds is 5. The van der Waals surface area contributed by atoms with Crippen LogP contribution in [0, 0.1) is 5.82 Å². The molecule has 1 N–H and O–H groups in total. The molecule has 1 aromatic heterocycles. The Hall–Kier alpha value is -2.68. The van der Waals surface area contributed by atoms with Gasteiger partial charge in [0.25, 0.3) is 0 Å². The minimum atomic E-state index is -4.83. The van der Waals surface area contributed by atoms with Crippen molar-refractivity contribution < 1.29 is 45.7 Å². The maximum atomic E-state index is 14.7. The highest BCUT2D eigenvalue weighted by Crippen LogP contribution is 2.42. The smallest absolute Gasteiger partial charge is 0.433 e. The second-order valence-electron chi connectivity index (χ2n) is 10.9. The van der Waals surface area contributed by atoms with E-state index in [-0.39, 0.29) is 44.2 Å². The zero-order valence-electron chi connectivity index (χ0n) is 21.9. The van der Waals surface area contributed by atoms with Crippen LogP contribution in [0.15, 0.2) is 30.3 Å². The van der Waals surface area contributed by atoms with Gasteiger partial charge in [-0.1, -0.05) is 6.07 Å². The first-order valence-corrected chi connectivity index (χ1v) is 12.3. The van der Waals surface area contributed by atoms with Crippen LogP contribution in [-0.2, 0) is 15.7 Å². The van der Waals surface area contributed by atoms with Crippen LogP contribution in [0.5, 0.6) is 11.6 Å². The fraction of sp³-hybridized carbons (Fsp3) is 0.600. The first-order valence-electron chi connectivity index (χ1n) is 12.3. The third-order valence-electron chi connectivity index (χ3n) is 6.26. The van der Waals surface area contributed by atoms with Gasteiger partial charge in [0, 0.05) is 38.7 Å². The number of benzene rings is 1. The number of aliphatic hydroxyl groups is 1. The maximum absolute atomic E-state index is 14.7. The van der Waals surface area contributed by atoms with Crippen molar-refractivity contribution in [1.82, 2.24) is 14.9 Å². The standard InChI is InChI=1S/C25H30F6N4O4/c1-21(2,3)38-22(4,36)35-14-23(39-24(27,28)15-35)8-10-34(11-9-23)20-32-18(25(29,30)31)13-19(33-20)37-17-7-5-6-16(26)12-17/h5-7,12-13,36H,8-11,14-15H2,1-4H3. The van der Waals surface area contributed by atoms with Gasteiger partial charge in [-0.2, -0.15) is 26.9 Å². The van der Waals surface area contributed by atoms with Crippen LogP contribution in [0.25, 0.3) is 0 Å². The zero-order valence-corrected chi connectivity index (χ0v) is 21.9. The van der Waals surface area contributed by atoms with Gasteiger partial charge < -0.3 is 24.2 Å². The molecule has 0 radical (unpaired) electrons. The molecule has 1 atom stereocenters. The van der Waals surface area contributed by atoms with E-state index in [9.17, 15) is 31.4 Å². The van der Waals surface area contributed by atoms with Gasteiger partial charge in [0.05, 0.1) is 17.7 Å².